The Morgan fingerprint density at radius 2 is 1.23 bits per heavy atom. The van der Waals surface area contributed by atoms with E-state index in [4.69, 9.17) is 0 Å². The van der Waals surface area contributed by atoms with Gasteiger partial charge in [0.2, 0.25) is 0 Å². The van der Waals surface area contributed by atoms with Gasteiger partial charge in [0.15, 0.2) is 0 Å². The zero-order valence-electron chi connectivity index (χ0n) is 7.28. The molecule has 0 spiro atoms. The molecule has 0 aliphatic carbocycles. The Kier molecular flexibility index (Phi) is 7.73. The van der Waals surface area contributed by atoms with Crippen LogP contribution < -0.4 is 0 Å². The Morgan fingerprint density at radius 1 is 0.769 bits per heavy atom. The minimum absolute atomic E-state index is 1.47. The normalized spacial score (nSPS) is 4.08. The molecule has 0 heterocycles. The molecule has 0 nitrogen and oxygen atoms in total. The Balaban J connectivity index is 4.11. The van der Waals surface area contributed by atoms with Crippen molar-refractivity contribution in [3.63, 3.8) is 0 Å². The van der Waals surface area contributed by atoms with E-state index in [1.807, 2.05) is 0 Å². The molecular formula is C13H6. The Bertz CT molecular complexity index is 463. The Morgan fingerprint density at radius 3 is 1.69 bits per heavy atom. The topological polar surface area (TPSA) is 0 Å². The molecule has 0 aromatic rings. The molecule has 0 radical (unpaired) electrons. The molecule has 0 N–H and O–H groups in total. The van der Waals surface area contributed by atoms with Crippen molar-refractivity contribution in [1.29, 1.82) is 0 Å². The highest BCUT2D eigenvalue weighted by molar-refractivity contribution is 5.42. The molecule has 13 heavy (non-hydrogen) atoms. The van der Waals surface area contributed by atoms with E-state index >= 15 is 0 Å². The molecule has 0 amide bonds. The molecule has 0 aromatic heterocycles. The minimum atomic E-state index is 1.47. The van der Waals surface area contributed by atoms with Gasteiger partial charge < -0.3 is 0 Å². The molecule has 0 aromatic carbocycles. The van der Waals surface area contributed by atoms with Crippen LogP contribution in [0.5, 0.6) is 0 Å². The average molecular weight is 162 g/mol. The molecule has 0 atom stereocenters. The van der Waals surface area contributed by atoms with Crippen molar-refractivity contribution in [3.05, 3.63) is 12.7 Å². The molecule has 0 unspecified atom stereocenters. The van der Waals surface area contributed by atoms with Gasteiger partial charge in [-0.2, -0.15) is 0 Å². The van der Waals surface area contributed by atoms with Gasteiger partial charge in [0, 0.05) is 0 Å². The van der Waals surface area contributed by atoms with Gasteiger partial charge in [-0.1, -0.05) is 18.4 Å². The van der Waals surface area contributed by atoms with E-state index in [9.17, 15) is 0 Å². The van der Waals surface area contributed by atoms with Crippen LogP contribution in [0.25, 0.3) is 0 Å². The van der Waals surface area contributed by atoms with Crippen molar-refractivity contribution in [2.45, 2.75) is 6.92 Å². The maximum absolute atomic E-state index is 3.41. The monoisotopic (exact) mass is 162 g/mol. The first-order valence-electron chi connectivity index (χ1n) is 3.45. The van der Waals surface area contributed by atoms with E-state index in [1.165, 1.54) is 6.08 Å². The first-order valence-corrected chi connectivity index (χ1v) is 3.45. The van der Waals surface area contributed by atoms with E-state index in [1.54, 1.807) is 6.92 Å². The number of hydrogen-bond donors (Lipinski definition) is 0. The fraction of sp³-hybridized carbons (Fsp3) is 0.0769. The van der Waals surface area contributed by atoms with Crippen molar-refractivity contribution in [2.24, 2.45) is 0 Å². The maximum Gasteiger partial charge on any atom is -0.000000346 e. The van der Waals surface area contributed by atoms with Crippen LogP contribution in [-0.4, -0.2) is 0 Å². The van der Waals surface area contributed by atoms with Gasteiger partial charge in [0.25, 0.3) is 0 Å². The Labute approximate surface area is 79.4 Å². The zero-order chi connectivity index (χ0) is 9.78. The summed E-state index contributed by atoms with van der Waals surface area (Å²) < 4.78 is 0. The number of hydrogen-bond acceptors (Lipinski definition) is 0. The smallest absolute Gasteiger partial charge is 0.000000346 e. The molecular weight excluding hydrogens is 156 g/mol. The largest absolute Gasteiger partial charge is 0.0925 e. The maximum atomic E-state index is 3.41. The van der Waals surface area contributed by atoms with Crippen LogP contribution in [0.1, 0.15) is 6.92 Å². The first kappa shape index (κ1) is 10.5. The third-order valence-corrected chi connectivity index (χ3v) is 0.737. The van der Waals surface area contributed by atoms with Crippen LogP contribution in [0.4, 0.5) is 0 Å². The second kappa shape index (κ2) is 9.54. The summed E-state index contributed by atoms with van der Waals surface area (Å²) in [4.78, 5) is 0. The van der Waals surface area contributed by atoms with Crippen LogP contribution >= 0.6 is 0 Å². The molecule has 0 saturated heterocycles. The van der Waals surface area contributed by atoms with E-state index in [-0.39, 0.29) is 0 Å². The molecule has 0 bridgehead atoms. The highest BCUT2D eigenvalue weighted by Crippen LogP contribution is 1.57. The third-order valence-electron chi connectivity index (χ3n) is 0.737. The Hall–Kier alpha value is -2.46. The van der Waals surface area contributed by atoms with Crippen LogP contribution in [0.2, 0.25) is 0 Å². The van der Waals surface area contributed by atoms with Crippen molar-refractivity contribution in [3.8, 4) is 59.2 Å². The van der Waals surface area contributed by atoms with Gasteiger partial charge in [-0.25, -0.2) is 0 Å². The lowest BCUT2D eigenvalue weighted by Gasteiger charge is -1.55. The summed E-state index contributed by atoms with van der Waals surface area (Å²) in [6.07, 6.45) is 1.47. The standard InChI is InChI=1S/C13H6/c1-3-5-7-9-11-13-12-10-8-6-4-2/h3H,1H2,2H3. The van der Waals surface area contributed by atoms with Crippen LogP contribution in [0.3, 0.4) is 0 Å². The van der Waals surface area contributed by atoms with E-state index in [0.29, 0.717) is 0 Å². The quantitative estimate of drug-likeness (QED) is 0.470. The van der Waals surface area contributed by atoms with Gasteiger partial charge in [0.05, 0.1) is 0 Å². The minimum Gasteiger partial charge on any atom is -0.0925 e. The molecule has 0 saturated carbocycles. The summed E-state index contributed by atoms with van der Waals surface area (Å²) in [5.74, 6) is 25.4. The molecule has 0 rings (SSSR count). The number of allylic oxidation sites excluding steroid dienone is 1. The SMILES string of the molecule is C=CC#CC#CC#CC#CC#CC. The summed E-state index contributed by atoms with van der Waals surface area (Å²) in [6, 6.07) is 0. The van der Waals surface area contributed by atoms with Crippen molar-refractivity contribution < 1.29 is 0 Å². The second-order valence-electron chi connectivity index (χ2n) is 1.60. The number of rotatable bonds is 0. The highest BCUT2D eigenvalue weighted by atomic mass is 13.6. The van der Waals surface area contributed by atoms with Gasteiger partial charge in [-0.05, 0) is 60.4 Å². The van der Waals surface area contributed by atoms with Crippen LogP contribution in [-0.2, 0) is 0 Å². The van der Waals surface area contributed by atoms with Crippen molar-refractivity contribution in [1.82, 2.24) is 0 Å². The van der Waals surface area contributed by atoms with Gasteiger partial charge in [0.1, 0.15) is 0 Å². The molecule has 0 fully saturated rings. The predicted molar refractivity (Wildman–Crippen MR) is 54.8 cm³/mol. The van der Waals surface area contributed by atoms with Gasteiger partial charge in [-0.3, -0.25) is 0 Å². The van der Waals surface area contributed by atoms with E-state index in [0.717, 1.165) is 0 Å². The summed E-state index contributed by atoms with van der Waals surface area (Å²) in [5, 5.41) is 0. The summed E-state index contributed by atoms with van der Waals surface area (Å²) in [7, 11) is 0. The second-order valence-corrected chi connectivity index (χ2v) is 1.60. The predicted octanol–water partition coefficient (Wildman–Crippen LogP) is 1.21. The molecule has 0 aliphatic rings. The van der Waals surface area contributed by atoms with Gasteiger partial charge >= 0.3 is 0 Å². The van der Waals surface area contributed by atoms with E-state index < -0.39 is 0 Å². The lowest BCUT2D eigenvalue weighted by molar-refractivity contribution is 1.92. The average Bonchev–Trinajstić information content (AvgIpc) is 2.16. The van der Waals surface area contributed by atoms with Crippen molar-refractivity contribution in [2.75, 3.05) is 0 Å². The molecule has 0 heteroatoms. The van der Waals surface area contributed by atoms with Crippen LogP contribution in [0, 0.1) is 59.2 Å². The lowest BCUT2D eigenvalue weighted by atomic mass is 10.5. The fourth-order valence-electron chi connectivity index (χ4n) is 0.337. The molecule has 0 aliphatic heterocycles. The lowest BCUT2D eigenvalue weighted by Crippen LogP contribution is -1.53. The summed E-state index contributed by atoms with van der Waals surface area (Å²) in [6.45, 7) is 5.13. The highest BCUT2D eigenvalue weighted by Gasteiger charge is 1.54. The van der Waals surface area contributed by atoms with E-state index in [2.05, 4.69) is 65.8 Å². The summed E-state index contributed by atoms with van der Waals surface area (Å²) >= 11 is 0. The summed E-state index contributed by atoms with van der Waals surface area (Å²) in [5.41, 5.74) is 0. The third kappa shape index (κ3) is 9.54. The van der Waals surface area contributed by atoms with Crippen LogP contribution in [0.15, 0.2) is 12.7 Å². The zero-order valence-corrected chi connectivity index (χ0v) is 7.28. The molecule has 58 valence electrons. The van der Waals surface area contributed by atoms with Crippen molar-refractivity contribution >= 4 is 0 Å². The van der Waals surface area contributed by atoms with Gasteiger partial charge in [-0.15, -0.1) is 0 Å². The fourth-order valence-corrected chi connectivity index (χ4v) is 0.337. The first-order chi connectivity index (χ1) is 6.41.